The number of hydrogen-bond donors (Lipinski definition) is 1. The molecule has 3 heterocycles. The molecule has 0 bridgehead atoms. The van der Waals surface area contributed by atoms with Crippen LogP contribution in [0.2, 0.25) is 0 Å². The summed E-state index contributed by atoms with van der Waals surface area (Å²) >= 11 is 0. The largest absolute Gasteiger partial charge is 0.490 e. The molecule has 21 heavy (non-hydrogen) atoms. The predicted octanol–water partition coefficient (Wildman–Crippen LogP) is 2.12. The molecule has 2 aliphatic rings. The summed E-state index contributed by atoms with van der Waals surface area (Å²) in [7, 11) is 0. The molecular weight excluding hydrogens is 266 g/mol. The Kier molecular flexibility index (Phi) is 5.06. The maximum Gasteiger partial charge on any atom is 0.141 e. The Morgan fingerprint density at radius 3 is 2.71 bits per heavy atom. The Bertz CT molecular complexity index is 441. The van der Waals surface area contributed by atoms with E-state index in [4.69, 9.17) is 4.74 Å². The van der Waals surface area contributed by atoms with Crippen LogP contribution < -0.4 is 4.74 Å². The van der Waals surface area contributed by atoms with E-state index < -0.39 is 0 Å². The lowest BCUT2D eigenvalue weighted by Gasteiger charge is -2.28. The summed E-state index contributed by atoms with van der Waals surface area (Å²) in [6.07, 6.45) is 6.36. The van der Waals surface area contributed by atoms with Crippen molar-refractivity contribution in [2.24, 2.45) is 0 Å². The molecule has 2 aliphatic heterocycles. The number of rotatable bonds is 5. The Labute approximate surface area is 126 Å². The fraction of sp³-hybridized carbons (Fsp3) is 0.688. The Balaban J connectivity index is 1.56. The summed E-state index contributed by atoms with van der Waals surface area (Å²) in [4.78, 5) is 7.00. The van der Waals surface area contributed by atoms with Crippen LogP contribution in [0.4, 0.5) is 0 Å². The minimum absolute atomic E-state index is 0.399. The van der Waals surface area contributed by atoms with E-state index >= 15 is 0 Å². The fourth-order valence-corrected chi connectivity index (χ4v) is 3.26. The van der Waals surface area contributed by atoms with E-state index in [9.17, 15) is 5.21 Å². The highest BCUT2D eigenvalue weighted by atomic mass is 16.5. The second-order valence-electron chi connectivity index (χ2n) is 6.01. The summed E-state index contributed by atoms with van der Waals surface area (Å²) in [6.45, 7) is 5.58. The smallest absolute Gasteiger partial charge is 0.141 e. The second kappa shape index (κ2) is 7.20. The molecule has 5 heteroatoms. The van der Waals surface area contributed by atoms with Crippen molar-refractivity contribution in [1.29, 1.82) is 0 Å². The molecule has 0 spiro atoms. The van der Waals surface area contributed by atoms with Gasteiger partial charge >= 0.3 is 0 Å². The molecule has 2 saturated heterocycles. The van der Waals surface area contributed by atoms with Gasteiger partial charge in [0.1, 0.15) is 12.4 Å². The lowest BCUT2D eigenvalue weighted by Crippen LogP contribution is -2.30. The standard InChI is InChI=1S/C16H25N3O2/c20-19-10-5-14(6-11-19)16-15(4-3-7-17-16)21-13-12-18-8-1-2-9-18/h3-4,7,14,20H,1-2,5-6,8-13H2. The van der Waals surface area contributed by atoms with E-state index in [0.717, 1.165) is 37.4 Å². The molecule has 1 N–H and O–H groups in total. The fourth-order valence-electron chi connectivity index (χ4n) is 3.26. The van der Waals surface area contributed by atoms with Crippen LogP contribution >= 0.6 is 0 Å². The number of hydrogen-bond acceptors (Lipinski definition) is 5. The van der Waals surface area contributed by atoms with Gasteiger partial charge in [0.05, 0.1) is 5.69 Å². The Hall–Kier alpha value is -1.17. The highest BCUT2D eigenvalue weighted by Gasteiger charge is 2.23. The number of nitrogens with zero attached hydrogens (tertiary/aromatic N) is 3. The molecule has 0 amide bonds. The summed E-state index contributed by atoms with van der Waals surface area (Å²) in [5, 5.41) is 10.9. The van der Waals surface area contributed by atoms with Crippen molar-refractivity contribution in [3.8, 4) is 5.75 Å². The van der Waals surface area contributed by atoms with Crippen molar-refractivity contribution in [2.45, 2.75) is 31.6 Å². The van der Waals surface area contributed by atoms with Gasteiger partial charge in [-0.25, -0.2) is 0 Å². The lowest BCUT2D eigenvalue weighted by atomic mass is 9.93. The third-order valence-corrected chi connectivity index (χ3v) is 4.52. The minimum atomic E-state index is 0.399. The van der Waals surface area contributed by atoms with Gasteiger partial charge in [0.2, 0.25) is 0 Å². The maximum absolute atomic E-state index is 9.48. The summed E-state index contributed by atoms with van der Waals surface area (Å²) < 4.78 is 6.00. The monoisotopic (exact) mass is 291 g/mol. The van der Waals surface area contributed by atoms with Gasteiger partial charge in [-0.15, -0.1) is 0 Å². The number of hydroxylamine groups is 2. The first kappa shape index (κ1) is 14.8. The summed E-state index contributed by atoms with van der Waals surface area (Å²) in [5.41, 5.74) is 1.06. The third-order valence-electron chi connectivity index (χ3n) is 4.52. The van der Waals surface area contributed by atoms with Crippen LogP contribution in [-0.4, -0.2) is 59.5 Å². The Morgan fingerprint density at radius 2 is 1.95 bits per heavy atom. The van der Waals surface area contributed by atoms with Crippen molar-refractivity contribution in [1.82, 2.24) is 14.9 Å². The van der Waals surface area contributed by atoms with Crippen LogP contribution in [0.1, 0.15) is 37.3 Å². The van der Waals surface area contributed by atoms with E-state index in [-0.39, 0.29) is 0 Å². The summed E-state index contributed by atoms with van der Waals surface area (Å²) in [5.74, 6) is 1.32. The third kappa shape index (κ3) is 3.93. The van der Waals surface area contributed by atoms with E-state index in [0.29, 0.717) is 19.0 Å². The number of likely N-dealkylation sites (tertiary alicyclic amines) is 1. The molecule has 116 valence electrons. The lowest BCUT2D eigenvalue weighted by molar-refractivity contribution is -0.106. The number of ether oxygens (including phenoxy) is 1. The molecule has 0 saturated carbocycles. The van der Waals surface area contributed by atoms with Crippen molar-refractivity contribution >= 4 is 0 Å². The molecule has 0 aliphatic carbocycles. The van der Waals surface area contributed by atoms with Crippen LogP contribution in [0.25, 0.3) is 0 Å². The van der Waals surface area contributed by atoms with Crippen LogP contribution in [-0.2, 0) is 0 Å². The number of piperidine rings is 1. The van der Waals surface area contributed by atoms with Crippen LogP contribution in [0.15, 0.2) is 18.3 Å². The Morgan fingerprint density at radius 1 is 1.19 bits per heavy atom. The van der Waals surface area contributed by atoms with Gasteiger partial charge in [-0.3, -0.25) is 9.88 Å². The first-order valence-electron chi connectivity index (χ1n) is 8.07. The summed E-state index contributed by atoms with van der Waals surface area (Å²) in [6, 6.07) is 3.97. The minimum Gasteiger partial charge on any atom is -0.490 e. The van der Waals surface area contributed by atoms with Crippen LogP contribution in [0.3, 0.4) is 0 Å². The average Bonchev–Trinajstić information content (AvgIpc) is 3.02. The quantitative estimate of drug-likeness (QED) is 0.900. The van der Waals surface area contributed by atoms with Crippen LogP contribution in [0, 0.1) is 0 Å². The average molecular weight is 291 g/mol. The SMILES string of the molecule is ON1CCC(c2ncccc2OCCN2CCCC2)CC1. The van der Waals surface area contributed by atoms with E-state index in [1.54, 1.807) is 0 Å². The molecule has 0 aromatic carbocycles. The zero-order valence-electron chi connectivity index (χ0n) is 12.6. The van der Waals surface area contributed by atoms with Gasteiger partial charge < -0.3 is 9.94 Å². The molecule has 2 fully saturated rings. The number of pyridine rings is 1. The van der Waals surface area contributed by atoms with Crippen molar-refractivity contribution in [3.63, 3.8) is 0 Å². The van der Waals surface area contributed by atoms with Crippen molar-refractivity contribution in [2.75, 3.05) is 39.3 Å². The topological polar surface area (TPSA) is 48.8 Å². The van der Waals surface area contributed by atoms with E-state index in [2.05, 4.69) is 9.88 Å². The molecule has 3 rings (SSSR count). The van der Waals surface area contributed by atoms with Gasteiger partial charge in [0, 0.05) is 31.7 Å². The zero-order chi connectivity index (χ0) is 14.5. The highest BCUT2D eigenvalue weighted by Crippen LogP contribution is 2.32. The van der Waals surface area contributed by atoms with Crippen molar-refractivity contribution < 1.29 is 9.94 Å². The van der Waals surface area contributed by atoms with Gasteiger partial charge in [0.25, 0.3) is 0 Å². The number of aromatic nitrogens is 1. The molecule has 0 unspecified atom stereocenters. The van der Waals surface area contributed by atoms with Gasteiger partial charge in [0.15, 0.2) is 0 Å². The molecule has 0 atom stereocenters. The van der Waals surface area contributed by atoms with Crippen LogP contribution in [0.5, 0.6) is 5.75 Å². The molecule has 1 aromatic heterocycles. The first-order valence-corrected chi connectivity index (χ1v) is 8.07. The molecule has 0 radical (unpaired) electrons. The zero-order valence-corrected chi connectivity index (χ0v) is 12.6. The normalized spacial score (nSPS) is 21.8. The van der Waals surface area contributed by atoms with Crippen molar-refractivity contribution in [3.05, 3.63) is 24.0 Å². The molecule has 5 nitrogen and oxygen atoms in total. The predicted molar refractivity (Wildman–Crippen MR) is 80.7 cm³/mol. The first-order chi connectivity index (χ1) is 10.3. The molecular formula is C16H25N3O2. The molecule has 1 aromatic rings. The van der Waals surface area contributed by atoms with Gasteiger partial charge in [-0.1, -0.05) is 0 Å². The van der Waals surface area contributed by atoms with Gasteiger partial charge in [-0.05, 0) is 50.9 Å². The van der Waals surface area contributed by atoms with Gasteiger partial charge in [-0.2, -0.15) is 5.06 Å². The maximum atomic E-state index is 9.48. The van der Waals surface area contributed by atoms with E-state index in [1.165, 1.54) is 31.0 Å². The highest BCUT2D eigenvalue weighted by molar-refractivity contribution is 5.30. The second-order valence-corrected chi connectivity index (χ2v) is 6.01. The van der Waals surface area contributed by atoms with E-state index in [1.807, 2.05) is 18.3 Å².